The van der Waals surface area contributed by atoms with E-state index in [0.29, 0.717) is 11.3 Å². The molecule has 1 aromatic heterocycles. The number of aryl methyl sites for hydroxylation is 1. The standard InChI is InChI=1S/C15H19NO4/c1-9(8-17)16(3)15(18)13-10(2)11-6-5-7-12(19-4)14(11)20-13/h5-7,9,17H,8H2,1-4H3. The Hall–Kier alpha value is -2.01. The molecule has 0 spiro atoms. The van der Waals surface area contributed by atoms with Crippen molar-refractivity contribution >= 4 is 16.9 Å². The van der Waals surface area contributed by atoms with Crippen molar-refractivity contribution in [3.8, 4) is 5.75 Å². The zero-order chi connectivity index (χ0) is 14.9. The number of likely N-dealkylation sites (N-methyl/N-ethyl adjacent to an activating group) is 1. The highest BCUT2D eigenvalue weighted by atomic mass is 16.5. The zero-order valence-corrected chi connectivity index (χ0v) is 12.1. The Morgan fingerprint density at radius 2 is 2.20 bits per heavy atom. The molecule has 0 saturated carbocycles. The summed E-state index contributed by atoms with van der Waals surface area (Å²) in [5.41, 5.74) is 1.35. The normalized spacial score (nSPS) is 12.4. The summed E-state index contributed by atoms with van der Waals surface area (Å²) in [7, 11) is 3.21. The summed E-state index contributed by atoms with van der Waals surface area (Å²) in [5.74, 6) is 0.636. The van der Waals surface area contributed by atoms with Crippen LogP contribution in [0.5, 0.6) is 5.75 Å². The molecular weight excluding hydrogens is 258 g/mol. The summed E-state index contributed by atoms with van der Waals surface area (Å²) in [6, 6.07) is 5.28. The molecule has 108 valence electrons. The third kappa shape index (κ3) is 2.25. The fourth-order valence-electron chi connectivity index (χ4n) is 2.06. The van der Waals surface area contributed by atoms with Crippen LogP contribution in [0.4, 0.5) is 0 Å². The molecule has 0 aliphatic heterocycles. The molecule has 5 heteroatoms. The summed E-state index contributed by atoms with van der Waals surface area (Å²) in [6.07, 6.45) is 0. The van der Waals surface area contributed by atoms with Crippen LogP contribution in [-0.2, 0) is 0 Å². The van der Waals surface area contributed by atoms with E-state index in [1.54, 1.807) is 27.1 Å². The first-order chi connectivity index (χ1) is 9.51. The summed E-state index contributed by atoms with van der Waals surface area (Å²) < 4.78 is 10.9. The average Bonchev–Trinajstić information content (AvgIpc) is 2.82. The first kappa shape index (κ1) is 14.4. The highest BCUT2D eigenvalue weighted by Crippen LogP contribution is 2.32. The van der Waals surface area contributed by atoms with Crippen LogP contribution in [0.25, 0.3) is 11.0 Å². The predicted octanol–water partition coefficient (Wildman–Crippen LogP) is 2.20. The van der Waals surface area contributed by atoms with Gasteiger partial charge in [0, 0.05) is 18.0 Å². The summed E-state index contributed by atoms with van der Waals surface area (Å²) in [4.78, 5) is 13.9. The number of hydrogen-bond acceptors (Lipinski definition) is 4. The van der Waals surface area contributed by atoms with Gasteiger partial charge >= 0.3 is 0 Å². The number of carbonyl (C=O) groups excluding carboxylic acids is 1. The van der Waals surface area contributed by atoms with Gasteiger partial charge < -0.3 is 19.2 Å². The van der Waals surface area contributed by atoms with Gasteiger partial charge in [-0.2, -0.15) is 0 Å². The third-order valence-electron chi connectivity index (χ3n) is 3.59. The zero-order valence-electron chi connectivity index (χ0n) is 12.1. The Bertz CT molecular complexity index is 632. The SMILES string of the molecule is COc1cccc2c(C)c(C(=O)N(C)C(C)CO)oc12. The van der Waals surface area contributed by atoms with Crippen LogP contribution in [0.1, 0.15) is 23.0 Å². The summed E-state index contributed by atoms with van der Waals surface area (Å²) >= 11 is 0. The van der Waals surface area contributed by atoms with E-state index in [2.05, 4.69) is 0 Å². The van der Waals surface area contributed by atoms with Gasteiger partial charge in [0.1, 0.15) is 0 Å². The van der Waals surface area contributed by atoms with Gasteiger partial charge in [0.2, 0.25) is 0 Å². The molecule has 2 aromatic rings. The number of rotatable bonds is 4. The molecule has 0 aliphatic carbocycles. The highest BCUT2D eigenvalue weighted by molar-refractivity contribution is 6.00. The molecule has 1 atom stereocenters. The van der Waals surface area contributed by atoms with Crippen molar-refractivity contribution in [3.63, 3.8) is 0 Å². The molecule has 1 unspecified atom stereocenters. The molecule has 0 saturated heterocycles. The number of hydrogen-bond donors (Lipinski definition) is 1. The van der Waals surface area contributed by atoms with Gasteiger partial charge in [-0.15, -0.1) is 0 Å². The van der Waals surface area contributed by atoms with E-state index in [4.69, 9.17) is 14.3 Å². The molecule has 2 rings (SSSR count). The van der Waals surface area contributed by atoms with Crippen molar-refractivity contribution in [2.45, 2.75) is 19.9 Å². The molecule has 0 bridgehead atoms. The van der Waals surface area contributed by atoms with Crippen molar-refractivity contribution in [3.05, 3.63) is 29.5 Å². The summed E-state index contributed by atoms with van der Waals surface area (Å²) in [6.45, 7) is 3.53. The Kier molecular flexibility index (Phi) is 3.99. The predicted molar refractivity (Wildman–Crippen MR) is 76.1 cm³/mol. The minimum Gasteiger partial charge on any atom is -0.493 e. The van der Waals surface area contributed by atoms with Crippen molar-refractivity contribution in [1.29, 1.82) is 0 Å². The van der Waals surface area contributed by atoms with Gasteiger partial charge in [-0.05, 0) is 19.9 Å². The van der Waals surface area contributed by atoms with Crippen LogP contribution in [0.3, 0.4) is 0 Å². The smallest absolute Gasteiger partial charge is 0.289 e. The number of benzene rings is 1. The lowest BCUT2D eigenvalue weighted by Gasteiger charge is -2.22. The molecule has 1 aromatic carbocycles. The van der Waals surface area contributed by atoms with Gasteiger partial charge in [-0.1, -0.05) is 12.1 Å². The molecule has 20 heavy (non-hydrogen) atoms. The number of aliphatic hydroxyl groups is 1. The van der Waals surface area contributed by atoms with Gasteiger partial charge in [-0.25, -0.2) is 0 Å². The largest absolute Gasteiger partial charge is 0.493 e. The van der Waals surface area contributed by atoms with Crippen molar-refractivity contribution in [2.75, 3.05) is 20.8 Å². The Morgan fingerprint density at radius 3 is 2.80 bits per heavy atom. The lowest BCUT2D eigenvalue weighted by atomic mass is 10.1. The number of nitrogens with zero attached hydrogens (tertiary/aromatic N) is 1. The Morgan fingerprint density at radius 1 is 1.50 bits per heavy atom. The van der Waals surface area contributed by atoms with E-state index in [9.17, 15) is 4.79 Å². The van der Waals surface area contributed by atoms with E-state index in [1.165, 1.54) is 4.90 Å². The Labute approximate surface area is 117 Å². The maximum Gasteiger partial charge on any atom is 0.289 e. The van der Waals surface area contributed by atoms with E-state index in [0.717, 1.165) is 10.9 Å². The molecular formula is C15H19NO4. The molecule has 0 aliphatic rings. The monoisotopic (exact) mass is 277 g/mol. The third-order valence-corrected chi connectivity index (χ3v) is 3.59. The topological polar surface area (TPSA) is 62.9 Å². The minimum absolute atomic E-state index is 0.0924. The number of para-hydroxylation sites is 1. The molecule has 1 N–H and O–H groups in total. The van der Waals surface area contributed by atoms with E-state index < -0.39 is 0 Å². The maximum atomic E-state index is 12.4. The lowest BCUT2D eigenvalue weighted by molar-refractivity contribution is 0.0652. The van der Waals surface area contributed by atoms with Crippen LogP contribution in [0, 0.1) is 6.92 Å². The van der Waals surface area contributed by atoms with E-state index >= 15 is 0 Å². The lowest BCUT2D eigenvalue weighted by Crippen LogP contribution is -2.37. The van der Waals surface area contributed by atoms with Crippen LogP contribution in [-0.4, -0.2) is 42.7 Å². The number of methoxy groups -OCH3 is 1. The number of carbonyl (C=O) groups is 1. The van der Waals surface area contributed by atoms with E-state index in [1.807, 2.05) is 19.1 Å². The van der Waals surface area contributed by atoms with Crippen molar-refractivity contribution in [2.24, 2.45) is 0 Å². The fourth-order valence-corrected chi connectivity index (χ4v) is 2.06. The maximum absolute atomic E-state index is 12.4. The van der Waals surface area contributed by atoms with Crippen LogP contribution in [0.15, 0.2) is 22.6 Å². The molecule has 1 heterocycles. The second-order valence-electron chi connectivity index (χ2n) is 4.84. The minimum atomic E-state index is -0.267. The van der Waals surface area contributed by atoms with Crippen LogP contribution in [0.2, 0.25) is 0 Å². The van der Waals surface area contributed by atoms with Crippen LogP contribution < -0.4 is 4.74 Å². The first-order valence-electron chi connectivity index (χ1n) is 6.45. The second kappa shape index (κ2) is 5.54. The number of fused-ring (bicyclic) bond motifs is 1. The van der Waals surface area contributed by atoms with Crippen LogP contribution >= 0.6 is 0 Å². The van der Waals surface area contributed by atoms with Gasteiger partial charge in [-0.3, -0.25) is 4.79 Å². The first-order valence-corrected chi connectivity index (χ1v) is 6.45. The second-order valence-corrected chi connectivity index (χ2v) is 4.84. The van der Waals surface area contributed by atoms with E-state index in [-0.39, 0.29) is 24.3 Å². The van der Waals surface area contributed by atoms with Gasteiger partial charge in [0.05, 0.1) is 19.8 Å². The number of ether oxygens (including phenoxy) is 1. The summed E-state index contributed by atoms with van der Waals surface area (Å²) in [5, 5.41) is 10.0. The number of aliphatic hydroxyl groups excluding tert-OH is 1. The fraction of sp³-hybridized carbons (Fsp3) is 0.400. The van der Waals surface area contributed by atoms with Gasteiger partial charge in [0.25, 0.3) is 5.91 Å². The Balaban J connectivity index is 2.50. The van der Waals surface area contributed by atoms with Crippen molar-refractivity contribution in [1.82, 2.24) is 4.90 Å². The average molecular weight is 277 g/mol. The molecule has 0 fully saturated rings. The number of furan rings is 1. The molecule has 0 radical (unpaired) electrons. The van der Waals surface area contributed by atoms with Gasteiger partial charge in [0.15, 0.2) is 17.1 Å². The quantitative estimate of drug-likeness (QED) is 0.930. The number of amides is 1. The van der Waals surface area contributed by atoms with Crippen molar-refractivity contribution < 1.29 is 19.1 Å². The highest BCUT2D eigenvalue weighted by Gasteiger charge is 2.24. The molecule has 5 nitrogen and oxygen atoms in total. The molecule has 1 amide bonds.